The molecule has 1 aromatic rings. The zero-order chi connectivity index (χ0) is 17.8. The number of aromatic nitrogens is 2. The zero-order valence-electron chi connectivity index (χ0n) is 15.6. The highest BCUT2D eigenvalue weighted by molar-refractivity contribution is 5.79. The number of piperidine rings is 2. The molecule has 6 heteroatoms. The predicted octanol–water partition coefficient (Wildman–Crippen LogP) is 2.74. The number of amides is 1. The molecule has 138 valence electrons. The van der Waals surface area contributed by atoms with Crippen molar-refractivity contribution in [3.63, 3.8) is 0 Å². The predicted molar refractivity (Wildman–Crippen MR) is 97.7 cm³/mol. The van der Waals surface area contributed by atoms with E-state index in [1.807, 2.05) is 13.8 Å². The molecule has 0 aromatic carbocycles. The van der Waals surface area contributed by atoms with Gasteiger partial charge in [-0.2, -0.15) is 0 Å². The second kappa shape index (κ2) is 8.02. The van der Waals surface area contributed by atoms with Crippen molar-refractivity contribution in [3.8, 4) is 5.88 Å². The summed E-state index contributed by atoms with van der Waals surface area (Å²) in [6, 6.07) is 0. The van der Waals surface area contributed by atoms with E-state index in [0.29, 0.717) is 11.8 Å². The van der Waals surface area contributed by atoms with Gasteiger partial charge < -0.3 is 14.5 Å². The third kappa shape index (κ3) is 4.41. The minimum atomic E-state index is 0.0658. The average Bonchev–Trinajstić information content (AvgIpc) is 2.62. The molecule has 2 fully saturated rings. The number of nitrogens with zero attached hydrogens (tertiary/aromatic N) is 4. The van der Waals surface area contributed by atoms with Crippen LogP contribution in [0.5, 0.6) is 5.88 Å². The van der Waals surface area contributed by atoms with Gasteiger partial charge in [-0.05, 0) is 45.4 Å². The Morgan fingerprint density at radius 3 is 2.36 bits per heavy atom. The van der Waals surface area contributed by atoms with Crippen molar-refractivity contribution in [1.29, 1.82) is 0 Å². The molecule has 2 aliphatic heterocycles. The second-order valence-electron chi connectivity index (χ2n) is 7.62. The van der Waals surface area contributed by atoms with E-state index in [-0.39, 0.29) is 12.0 Å². The molecule has 2 aliphatic rings. The Balaban J connectivity index is 1.58. The van der Waals surface area contributed by atoms with Gasteiger partial charge in [0.2, 0.25) is 5.91 Å². The van der Waals surface area contributed by atoms with Crippen LogP contribution >= 0.6 is 0 Å². The first-order valence-electron chi connectivity index (χ1n) is 9.56. The van der Waals surface area contributed by atoms with Crippen molar-refractivity contribution in [2.45, 2.75) is 52.6 Å². The lowest BCUT2D eigenvalue weighted by molar-refractivity contribution is -0.137. The number of ether oxygens (including phenoxy) is 1. The van der Waals surface area contributed by atoms with Crippen LogP contribution in [0.1, 0.15) is 46.5 Å². The molecule has 0 aliphatic carbocycles. The maximum Gasteiger partial charge on any atom is 0.257 e. The minimum absolute atomic E-state index is 0.0658. The Bertz CT molecular complexity index is 577. The second-order valence-corrected chi connectivity index (χ2v) is 7.62. The van der Waals surface area contributed by atoms with Crippen LogP contribution in [-0.4, -0.2) is 53.1 Å². The Kier molecular flexibility index (Phi) is 5.76. The van der Waals surface area contributed by atoms with Crippen LogP contribution < -0.4 is 9.64 Å². The van der Waals surface area contributed by atoms with Crippen LogP contribution in [0.4, 0.5) is 5.82 Å². The zero-order valence-corrected chi connectivity index (χ0v) is 15.6. The fourth-order valence-electron chi connectivity index (χ4n) is 3.67. The molecule has 1 aromatic heterocycles. The van der Waals surface area contributed by atoms with Gasteiger partial charge >= 0.3 is 0 Å². The first-order chi connectivity index (χ1) is 12.0. The number of carbonyl (C=O) groups is 1. The lowest BCUT2D eigenvalue weighted by atomic mass is 9.92. The summed E-state index contributed by atoms with van der Waals surface area (Å²) in [7, 11) is 0. The molecule has 0 spiro atoms. The maximum absolute atomic E-state index is 12.8. The van der Waals surface area contributed by atoms with E-state index in [1.165, 1.54) is 0 Å². The van der Waals surface area contributed by atoms with Crippen molar-refractivity contribution < 1.29 is 9.53 Å². The largest absolute Gasteiger partial charge is 0.472 e. The van der Waals surface area contributed by atoms with Gasteiger partial charge in [0.05, 0.1) is 6.10 Å². The summed E-state index contributed by atoms with van der Waals surface area (Å²) in [4.78, 5) is 25.8. The quantitative estimate of drug-likeness (QED) is 0.839. The molecular formula is C19H30N4O2. The number of likely N-dealkylation sites (tertiary alicyclic amines) is 1. The highest BCUT2D eigenvalue weighted by Crippen LogP contribution is 2.29. The maximum atomic E-state index is 12.8. The van der Waals surface area contributed by atoms with E-state index in [2.05, 4.69) is 26.7 Å². The van der Waals surface area contributed by atoms with Gasteiger partial charge in [0.15, 0.2) is 5.82 Å². The van der Waals surface area contributed by atoms with Crippen molar-refractivity contribution in [1.82, 2.24) is 14.9 Å². The summed E-state index contributed by atoms with van der Waals surface area (Å²) >= 11 is 0. The van der Waals surface area contributed by atoms with Crippen molar-refractivity contribution in [2.24, 2.45) is 11.8 Å². The Labute approximate surface area is 150 Å². The Hall–Kier alpha value is -1.85. The molecule has 0 saturated carbocycles. The van der Waals surface area contributed by atoms with E-state index in [4.69, 9.17) is 4.74 Å². The number of carbonyl (C=O) groups excluding carboxylic acids is 1. The van der Waals surface area contributed by atoms with Crippen LogP contribution in [0.3, 0.4) is 0 Å². The highest BCUT2D eigenvalue weighted by Gasteiger charge is 2.31. The van der Waals surface area contributed by atoms with Gasteiger partial charge in [-0.1, -0.05) is 6.92 Å². The summed E-state index contributed by atoms with van der Waals surface area (Å²) < 4.78 is 5.79. The third-order valence-electron chi connectivity index (χ3n) is 5.23. The standard InChI is InChI=1S/C19H30N4O2/c1-14(2)25-18-17(20-8-9-21-18)22-12-6-16(7-13-22)19(24)23-10-4-15(3)5-11-23/h8-9,14-16H,4-7,10-13H2,1-3H3. The molecule has 3 rings (SSSR count). The highest BCUT2D eigenvalue weighted by atomic mass is 16.5. The molecule has 0 radical (unpaired) electrons. The fourth-order valence-corrected chi connectivity index (χ4v) is 3.67. The number of anilines is 1. The van der Waals surface area contributed by atoms with Gasteiger partial charge in [-0.3, -0.25) is 4.79 Å². The number of hydrogen-bond donors (Lipinski definition) is 0. The van der Waals surface area contributed by atoms with E-state index >= 15 is 0 Å². The summed E-state index contributed by atoms with van der Waals surface area (Å²) in [5.41, 5.74) is 0. The number of rotatable bonds is 4. The van der Waals surface area contributed by atoms with Gasteiger partial charge in [-0.25, -0.2) is 9.97 Å². The monoisotopic (exact) mass is 346 g/mol. The molecule has 3 heterocycles. The first-order valence-corrected chi connectivity index (χ1v) is 9.56. The summed E-state index contributed by atoms with van der Waals surface area (Å²) in [5, 5.41) is 0. The third-order valence-corrected chi connectivity index (χ3v) is 5.23. The van der Waals surface area contributed by atoms with Crippen molar-refractivity contribution >= 4 is 11.7 Å². The summed E-state index contributed by atoms with van der Waals surface area (Å²) in [5.74, 6) is 2.64. The van der Waals surface area contributed by atoms with E-state index in [1.54, 1.807) is 12.4 Å². The molecule has 1 amide bonds. The molecule has 0 N–H and O–H groups in total. The smallest absolute Gasteiger partial charge is 0.257 e. The topological polar surface area (TPSA) is 58.6 Å². The molecule has 25 heavy (non-hydrogen) atoms. The lowest BCUT2D eigenvalue weighted by Crippen LogP contribution is -2.45. The SMILES string of the molecule is CC1CCN(C(=O)C2CCN(c3nccnc3OC(C)C)CC2)CC1. The molecule has 2 saturated heterocycles. The van der Waals surface area contributed by atoms with E-state index in [0.717, 1.165) is 63.6 Å². The van der Waals surface area contributed by atoms with Crippen LogP contribution in [-0.2, 0) is 4.79 Å². The summed E-state index contributed by atoms with van der Waals surface area (Å²) in [6.45, 7) is 9.76. The van der Waals surface area contributed by atoms with E-state index in [9.17, 15) is 4.79 Å². The van der Waals surface area contributed by atoms with Gasteiger partial charge in [-0.15, -0.1) is 0 Å². The Morgan fingerprint density at radius 1 is 1.08 bits per heavy atom. The number of hydrogen-bond acceptors (Lipinski definition) is 5. The molecule has 0 bridgehead atoms. The van der Waals surface area contributed by atoms with Crippen molar-refractivity contribution in [3.05, 3.63) is 12.4 Å². The van der Waals surface area contributed by atoms with Gasteiger partial charge in [0.1, 0.15) is 0 Å². The molecular weight excluding hydrogens is 316 g/mol. The Morgan fingerprint density at radius 2 is 1.72 bits per heavy atom. The van der Waals surface area contributed by atoms with Gasteiger partial charge in [0, 0.05) is 44.5 Å². The molecule has 6 nitrogen and oxygen atoms in total. The van der Waals surface area contributed by atoms with Crippen molar-refractivity contribution in [2.75, 3.05) is 31.1 Å². The van der Waals surface area contributed by atoms with Crippen LogP contribution in [0.2, 0.25) is 0 Å². The normalized spacial score (nSPS) is 20.2. The molecule has 0 atom stereocenters. The summed E-state index contributed by atoms with van der Waals surface area (Å²) in [6.07, 6.45) is 7.46. The first kappa shape index (κ1) is 18.0. The fraction of sp³-hybridized carbons (Fsp3) is 0.737. The van der Waals surface area contributed by atoms with Crippen LogP contribution in [0.25, 0.3) is 0 Å². The van der Waals surface area contributed by atoms with Crippen LogP contribution in [0.15, 0.2) is 12.4 Å². The molecule has 0 unspecified atom stereocenters. The average molecular weight is 346 g/mol. The lowest BCUT2D eigenvalue weighted by Gasteiger charge is -2.37. The minimum Gasteiger partial charge on any atom is -0.472 e. The van der Waals surface area contributed by atoms with Gasteiger partial charge in [0.25, 0.3) is 5.88 Å². The van der Waals surface area contributed by atoms with Crippen LogP contribution in [0, 0.1) is 11.8 Å². The van der Waals surface area contributed by atoms with E-state index < -0.39 is 0 Å².